The molecule has 0 unspecified atom stereocenters. The molecule has 1 amide bonds. The Labute approximate surface area is 112 Å². The van der Waals surface area contributed by atoms with Gasteiger partial charge in [-0.3, -0.25) is 4.79 Å². The monoisotopic (exact) mass is 270 g/mol. The van der Waals surface area contributed by atoms with Gasteiger partial charge >= 0.3 is 0 Å². The molecule has 0 aromatic heterocycles. The van der Waals surface area contributed by atoms with Gasteiger partial charge in [-0.1, -0.05) is 17.7 Å². The van der Waals surface area contributed by atoms with Crippen LogP contribution in [0, 0.1) is 0 Å². The number of benzene rings is 1. The minimum absolute atomic E-state index is 0.00502. The second-order valence-corrected chi connectivity index (χ2v) is 4.35. The number of nitrogens with one attached hydrogen (secondary N) is 1. The Hall–Kier alpha value is -1.26. The first-order valence-corrected chi connectivity index (χ1v) is 6.35. The third kappa shape index (κ3) is 4.55. The number of hydrogen-bond donors (Lipinski definition) is 2. The van der Waals surface area contributed by atoms with Crippen LogP contribution in [0.2, 0.25) is 5.02 Å². The van der Waals surface area contributed by atoms with E-state index in [0.29, 0.717) is 30.3 Å². The van der Waals surface area contributed by atoms with Crippen molar-refractivity contribution in [2.75, 3.05) is 13.7 Å². The molecule has 100 valence electrons. The molecule has 0 spiro atoms. The molecule has 4 nitrogen and oxygen atoms in total. The summed E-state index contributed by atoms with van der Waals surface area (Å²) in [4.78, 5) is 11.6. The number of ether oxygens (including phenoxy) is 1. The predicted octanol–water partition coefficient (Wildman–Crippen LogP) is 2.09. The Morgan fingerprint density at radius 1 is 1.44 bits per heavy atom. The van der Waals surface area contributed by atoms with Crippen LogP contribution in [0.15, 0.2) is 18.2 Å². The largest absolute Gasteiger partial charge is 0.496 e. The molecule has 0 aliphatic carbocycles. The van der Waals surface area contributed by atoms with E-state index in [-0.39, 0.29) is 5.91 Å². The molecule has 0 atom stereocenters. The average Bonchev–Trinajstić information content (AvgIpc) is 2.37. The molecule has 0 fully saturated rings. The fourth-order valence-electron chi connectivity index (χ4n) is 1.61. The van der Waals surface area contributed by atoms with Crippen molar-refractivity contribution in [2.24, 2.45) is 5.73 Å². The SMILES string of the molecule is COc1cccc(Cl)c1CNC(=O)CCCCN. The summed E-state index contributed by atoms with van der Waals surface area (Å²) in [6.45, 7) is 0.996. The van der Waals surface area contributed by atoms with Gasteiger partial charge in [0.05, 0.1) is 7.11 Å². The first-order valence-electron chi connectivity index (χ1n) is 5.97. The summed E-state index contributed by atoms with van der Waals surface area (Å²) < 4.78 is 5.20. The van der Waals surface area contributed by atoms with Gasteiger partial charge in [0.15, 0.2) is 0 Å². The fraction of sp³-hybridized carbons (Fsp3) is 0.462. The Morgan fingerprint density at radius 2 is 2.22 bits per heavy atom. The zero-order valence-corrected chi connectivity index (χ0v) is 11.3. The number of rotatable bonds is 7. The van der Waals surface area contributed by atoms with Crippen LogP contribution in [0.5, 0.6) is 5.75 Å². The molecule has 5 heteroatoms. The van der Waals surface area contributed by atoms with Crippen LogP contribution < -0.4 is 15.8 Å². The van der Waals surface area contributed by atoms with Crippen molar-refractivity contribution in [3.8, 4) is 5.75 Å². The first-order chi connectivity index (χ1) is 8.69. The molecule has 0 saturated carbocycles. The molecule has 0 heterocycles. The van der Waals surface area contributed by atoms with Gasteiger partial charge in [-0.25, -0.2) is 0 Å². The van der Waals surface area contributed by atoms with E-state index in [1.54, 1.807) is 13.2 Å². The van der Waals surface area contributed by atoms with Gasteiger partial charge in [0.2, 0.25) is 5.91 Å². The minimum atomic E-state index is 0.00502. The normalized spacial score (nSPS) is 10.2. The molecular formula is C13H19ClN2O2. The van der Waals surface area contributed by atoms with E-state index >= 15 is 0 Å². The van der Waals surface area contributed by atoms with Crippen LogP contribution in [0.1, 0.15) is 24.8 Å². The maximum absolute atomic E-state index is 11.6. The molecule has 0 saturated heterocycles. The number of nitrogens with two attached hydrogens (primary N) is 1. The average molecular weight is 271 g/mol. The second kappa shape index (κ2) is 7.95. The highest BCUT2D eigenvalue weighted by Crippen LogP contribution is 2.25. The molecule has 0 aliphatic heterocycles. The number of halogens is 1. The van der Waals surface area contributed by atoms with E-state index in [0.717, 1.165) is 18.4 Å². The van der Waals surface area contributed by atoms with Crippen LogP contribution in [-0.2, 0) is 11.3 Å². The van der Waals surface area contributed by atoms with Crippen LogP contribution in [0.3, 0.4) is 0 Å². The highest BCUT2D eigenvalue weighted by Gasteiger charge is 2.08. The van der Waals surface area contributed by atoms with Gasteiger partial charge in [0, 0.05) is 23.6 Å². The van der Waals surface area contributed by atoms with Crippen molar-refractivity contribution in [3.05, 3.63) is 28.8 Å². The van der Waals surface area contributed by atoms with Gasteiger partial charge in [-0.2, -0.15) is 0 Å². The molecule has 0 aliphatic rings. The summed E-state index contributed by atoms with van der Waals surface area (Å²) in [5.41, 5.74) is 6.17. The molecule has 0 bridgehead atoms. The highest BCUT2D eigenvalue weighted by atomic mass is 35.5. The fourth-order valence-corrected chi connectivity index (χ4v) is 1.84. The lowest BCUT2D eigenvalue weighted by molar-refractivity contribution is -0.121. The Balaban J connectivity index is 2.50. The number of amides is 1. The van der Waals surface area contributed by atoms with Crippen LogP contribution in [0.4, 0.5) is 0 Å². The first kappa shape index (κ1) is 14.8. The van der Waals surface area contributed by atoms with Gasteiger partial charge in [0.1, 0.15) is 5.75 Å². The molecule has 3 N–H and O–H groups in total. The number of methoxy groups -OCH3 is 1. The van der Waals surface area contributed by atoms with Crippen molar-refractivity contribution in [2.45, 2.75) is 25.8 Å². The van der Waals surface area contributed by atoms with E-state index in [1.807, 2.05) is 12.1 Å². The lowest BCUT2D eigenvalue weighted by Gasteiger charge is -2.11. The van der Waals surface area contributed by atoms with Crippen molar-refractivity contribution in [1.82, 2.24) is 5.32 Å². The number of carbonyl (C=O) groups excluding carboxylic acids is 1. The summed E-state index contributed by atoms with van der Waals surface area (Å²) >= 11 is 6.07. The van der Waals surface area contributed by atoms with Crippen LogP contribution in [0.25, 0.3) is 0 Å². The summed E-state index contributed by atoms with van der Waals surface area (Å²) in [7, 11) is 1.58. The Bertz CT molecular complexity index is 397. The summed E-state index contributed by atoms with van der Waals surface area (Å²) in [5, 5.41) is 3.42. The Morgan fingerprint density at radius 3 is 2.89 bits per heavy atom. The van der Waals surface area contributed by atoms with Crippen LogP contribution in [-0.4, -0.2) is 19.6 Å². The molecule has 0 radical (unpaired) electrons. The number of unbranched alkanes of at least 4 members (excludes halogenated alkanes) is 1. The number of carbonyl (C=O) groups is 1. The van der Waals surface area contributed by atoms with Crippen molar-refractivity contribution in [1.29, 1.82) is 0 Å². The summed E-state index contributed by atoms with van der Waals surface area (Å²) in [6, 6.07) is 5.41. The van der Waals surface area contributed by atoms with Gasteiger partial charge in [0.25, 0.3) is 0 Å². The standard InChI is InChI=1S/C13H19ClN2O2/c1-18-12-6-4-5-11(14)10(12)9-16-13(17)7-2-3-8-15/h4-6H,2-3,7-9,15H2,1H3,(H,16,17). The zero-order valence-electron chi connectivity index (χ0n) is 10.5. The zero-order chi connectivity index (χ0) is 13.4. The molecule has 1 rings (SSSR count). The summed E-state index contributed by atoms with van der Waals surface area (Å²) in [6.07, 6.45) is 2.16. The van der Waals surface area contributed by atoms with Crippen LogP contribution >= 0.6 is 11.6 Å². The quantitative estimate of drug-likeness (QED) is 0.746. The maximum Gasteiger partial charge on any atom is 0.220 e. The third-order valence-electron chi connectivity index (χ3n) is 2.62. The lowest BCUT2D eigenvalue weighted by atomic mass is 10.2. The minimum Gasteiger partial charge on any atom is -0.496 e. The van der Waals surface area contributed by atoms with Crippen molar-refractivity contribution < 1.29 is 9.53 Å². The molecule has 18 heavy (non-hydrogen) atoms. The van der Waals surface area contributed by atoms with Crippen molar-refractivity contribution in [3.63, 3.8) is 0 Å². The van der Waals surface area contributed by atoms with Gasteiger partial charge in [-0.15, -0.1) is 0 Å². The smallest absolute Gasteiger partial charge is 0.220 e. The van der Waals surface area contributed by atoms with E-state index in [1.165, 1.54) is 0 Å². The maximum atomic E-state index is 11.6. The molecule has 1 aromatic carbocycles. The lowest BCUT2D eigenvalue weighted by Crippen LogP contribution is -2.23. The van der Waals surface area contributed by atoms with E-state index < -0.39 is 0 Å². The summed E-state index contributed by atoms with van der Waals surface area (Å²) in [5.74, 6) is 0.690. The molecular weight excluding hydrogens is 252 g/mol. The molecule has 1 aromatic rings. The number of hydrogen-bond acceptors (Lipinski definition) is 3. The Kier molecular flexibility index (Phi) is 6.54. The van der Waals surface area contributed by atoms with E-state index in [2.05, 4.69) is 5.32 Å². The van der Waals surface area contributed by atoms with Gasteiger partial charge in [-0.05, 0) is 31.5 Å². The topological polar surface area (TPSA) is 64.3 Å². The van der Waals surface area contributed by atoms with E-state index in [4.69, 9.17) is 22.1 Å². The highest BCUT2D eigenvalue weighted by molar-refractivity contribution is 6.31. The van der Waals surface area contributed by atoms with Gasteiger partial charge < -0.3 is 15.8 Å². The van der Waals surface area contributed by atoms with Crippen molar-refractivity contribution >= 4 is 17.5 Å². The predicted molar refractivity (Wildman–Crippen MR) is 72.8 cm³/mol. The second-order valence-electron chi connectivity index (χ2n) is 3.94. The van der Waals surface area contributed by atoms with E-state index in [9.17, 15) is 4.79 Å². The third-order valence-corrected chi connectivity index (χ3v) is 2.97.